The summed E-state index contributed by atoms with van der Waals surface area (Å²) in [4.78, 5) is 26.0. The van der Waals surface area contributed by atoms with E-state index in [2.05, 4.69) is 10.6 Å². The molecule has 138 valence electrons. The third-order valence-corrected chi connectivity index (χ3v) is 5.32. The molecule has 0 aliphatic rings. The molecule has 2 aromatic carbocycles. The van der Waals surface area contributed by atoms with Crippen LogP contribution >= 0.6 is 22.9 Å². The Morgan fingerprint density at radius 2 is 1.74 bits per heavy atom. The molecule has 27 heavy (non-hydrogen) atoms. The quantitative estimate of drug-likeness (QED) is 0.629. The molecule has 2 amide bonds. The molecule has 2 N–H and O–H groups in total. The fourth-order valence-corrected chi connectivity index (χ4v) is 3.64. The summed E-state index contributed by atoms with van der Waals surface area (Å²) in [7, 11) is 0. The molecule has 1 heterocycles. The number of benzene rings is 2. The van der Waals surface area contributed by atoms with Crippen molar-refractivity contribution >= 4 is 34.8 Å². The zero-order valence-corrected chi connectivity index (χ0v) is 16.4. The highest BCUT2D eigenvalue weighted by atomic mass is 35.5. The second-order valence-corrected chi connectivity index (χ2v) is 7.43. The van der Waals surface area contributed by atoms with Crippen molar-refractivity contribution in [2.24, 2.45) is 0 Å². The van der Waals surface area contributed by atoms with E-state index in [-0.39, 0.29) is 11.8 Å². The molecule has 0 bridgehead atoms. The van der Waals surface area contributed by atoms with Gasteiger partial charge in [0, 0.05) is 28.6 Å². The molecule has 3 aromatic rings. The van der Waals surface area contributed by atoms with Crippen LogP contribution in [0, 0.1) is 0 Å². The number of hydrogen-bond donors (Lipinski definition) is 2. The Morgan fingerprint density at radius 3 is 2.48 bits per heavy atom. The average molecular weight is 399 g/mol. The van der Waals surface area contributed by atoms with Crippen molar-refractivity contribution in [3.8, 4) is 10.4 Å². The van der Waals surface area contributed by atoms with Crippen LogP contribution in [0.1, 0.15) is 32.5 Å². The van der Waals surface area contributed by atoms with Gasteiger partial charge >= 0.3 is 0 Å². The number of rotatable bonds is 6. The van der Waals surface area contributed by atoms with E-state index in [1.807, 2.05) is 55.5 Å². The summed E-state index contributed by atoms with van der Waals surface area (Å²) in [6.07, 6.45) is 0. The summed E-state index contributed by atoms with van der Waals surface area (Å²) in [6, 6.07) is 18.5. The maximum Gasteiger partial charge on any atom is 0.261 e. The van der Waals surface area contributed by atoms with Gasteiger partial charge in [-0.25, -0.2) is 0 Å². The van der Waals surface area contributed by atoms with Crippen LogP contribution in [0.3, 0.4) is 0 Å². The monoisotopic (exact) mass is 398 g/mol. The second kappa shape index (κ2) is 8.84. The van der Waals surface area contributed by atoms with E-state index in [1.54, 1.807) is 12.1 Å². The largest absolute Gasteiger partial charge is 0.352 e. The molecular weight excluding hydrogens is 380 g/mol. The lowest BCUT2D eigenvalue weighted by atomic mass is 10.1. The average Bonchev–Trinajstić information content (AvgIpc) is 3.17. The van der Waals surface area contributed by atoms with E-state index in [1.165, 1.54) is 11.3 Å². The maximum atomic E-state index is 12.4. The lowest BCUT2D eigenvalue weighted by Crippen LogP contribution is -2.24. The molecule has 4 nitrogen and oxygen atoms in total. The SMILES string of the molecule is CCNC(=O)c1cccc(CNC(=O)c2ccc(-c3ccc(Cl)cc3)s2)c1. The molecule has 0 saturated heterocycles. The van der Waals surface area contributed by atoms with Gasteiger partial charge in [-0.05, 0) is 54.4 Å². The molecule has 0 spiro atoms. The van der Waals surface area contributed by atoms with E-state index in [4.69, 9.17) is 11.6 Å². The fourth-order valence-electron chi connectivity index (χ4n) is 2.58. The van der Waals surface area contributed by atoms with Crippen LogP contribution in [0.4, 0.5) is 0 Å². The summed E-state index contributed by atoms with van der Waals surface area (Å²) in [6.45, 7) is 2.82. The van der Waals surface area contributed by atoms with Gasteiger partial charge in [-0.15, -0.1) is 11.3 Å². The van der Waals surface area contributed by atoms with Gasteiger partial charge in [0.2, 0.25) is 0 Å². The number of halogens is 1. The topological polar surface area (TPSA) is 58.2 Å². The highest BCUT2D eigenvalue weighted by Crippen LogP contribution is 2.29. The zero-order chi connectivity index (χ0) is 19.2. The lowest BCUT2D eigenvalue weighted by molar-refractivity contribution is 0.0949. The van der Waals surface area contributed by atoms with Gasteiger partial charge < -0.3 is 10.6 Å². The van der Waals surface area contributed by atoms with Crippen molar-refractivity contribution in [3.05, 3.63) is 81.7 Å². The first-order valence-electron chi connectivity index (χ1n) is 8.58. The van der Waals surface area contributed by atoms with Gasteiger partial charge in [0.25, 0.3) is 11.8 Å². The molecule has 0 aliphatic heterocycles. The Labute approximate surface area is 167 Å². The molecule has 0 unspecified atom stereocenters. The standard InChI is InChI=1S/C21H19ClN2O2S/c1-2-23-20(25)16-5-3-4-14(12-16)13-24-21(26)19-11-10-18(27-19)15-6-8-17(22)9-7-15/h3-12H,2,13H2,1H3,(H,23,25)(H,24,26). The Balaban J connectivity index is 1.64. The number of carbonyl (C=O) groups is 2. The minimum absolute atomic E-state index is 0.114. The summed E-state index contributed by atoms with van der Waals surface area (Å²) in [5.41, 5.74) is 2.49. The number of carbonyl (C=O) groups excluding carboxylic acids is 2. The van der Waals surface area contributed by atoms with E-state index >= 15 is 0 Å². The molecule has 3 rings (SSSR count). The second-order valence-electron chi connectivity index (χ2n) is 5.91. The van der Waals surface area contributed by atoms with E-state index in [0.717, 1.165) is 16.0 Å². The Bertz CT molecular complexity index is 951. The van der Waals surface area contributed by atoms with E-state index in [9.17, 15) is 9.59 Å². The molecule has 0 radical (unpaired) electrons. The number of hydrogen-bond acceptors (Lipinski definition) is 3. The third kappa shape index (κ3) is 4.96. The van der Waals surface area contributed by atoms with Gasteiger partial charge in [0.15, 0.2) is 0 Å². The Hall–Kier alpha value is -2.63. The summed E-state index contributed by atoms with van der Waals surface area (Å²) >= 11 is 7.35. The molecule has 0 aliphatic carbocycles. The Morgan fingerprint density at radius 1 is 0.963 bits per heavy atom. The molecule has 6 heteroatoms. The van der Waals surface area contributed by atoms with Crippen LogP contribution in [-0.2, 0) is 6.54 Å². The summed E-state index contributed by atoms with van der Waals surface area (Å²) in [5.74, 6) is -0.250. The third-order valence-electron chi connectivity index (χ3n) is 3.94. The first kappa shape index (κ1) is 19.1. The van der Waals surface area contributed by atoms with Gasteiger partial charge in [-0.3, -0.25) is 9.59 Å². The fraction of sp³-hybridized carbons (Fsp3) is 0.143. The van der Waals surface area contributed by atoms with Crippen LogP contribution < -0.4 is 10.6 Å². The van der Waals surface area contributed by atoms with Crippen molar-refractivity contribution in [1.29, 1.82) is 0 Å². The summed E-state index contributed by atoms with van der Waals surface area (Å²) < 4.78 is 0. The highest BCUT2D eigenvalue weighted by molar-refractivity contribution is 7.17. The normalized spacial score (nSPS) is 10.4. The van der Waals surface area contributed by atoms with Crippen molar-refractivity contribution in [3.63, 3.8) is 0 Å². The maximum absolute atomic E-state index is 12.4. The van der Waals surface area contributed by atoms with Crippen LogP contribution in [0.15, 0.2) is 60.7 Å². The lowest BCUT2D eigenvalue weighted by Gasteiger charge is -2.07. The molecule has 0 fully saturated rings. The van der Waals surface area contributed by atoms with Crippen LogP contribution in [0.5, 0.6) is 0 Å². The Kier molecular flexibility index (Phi) is 6.27. The van der Waals surface area contributed by atoms with Gasteiger partial charge in [0.1, 0.15) is 0 Å². The van der Waals surface area contributed by atoms with Crippen LogP contribution in [-0.4, -0.2) is 18.4 Å². The first-order valence-corrected chi connectivity index (χ1v) is 9.77. The van der Waals surface area contributed by atoms with Crippen LogP contribution in [0.25, 0.3) is 10.4 Å². The minimum Gasteiger partial charge on any atom is -0.352 e. The number of nitrogens with one attached hydrogen (secondary N) is 2. The van der Waals surface area contributed by atoms with Crippen LogP contribution in [0.2, 0.25) is 5.02 Å². The van der Waals surface area contributed by atoms with Crippen molar-refractivity contribution in [2.45, 2.75) is 13.5 Å². The van der Waals surface area contributed by atoms with Gasteiger partial charge in [0.05, 0.1) is 4.88 Å². The highest BCUT2D eigenvalue weighted by Gasteiger charge is 2.11. The molecule has 1 aromatic heterocycles. The number of amides is 2. The minimum atomic E-state index is -0.136. The van der Waals surface area contributed by atoms with Gasteiger partial charge in [-0.1, -0.05) is 35.9 Å². The predicted molar refractivity (Wildman–Crippen MR) is 110 cm³/mol. The zero-order valence-electron chi connectivity index (χ0n) is 14.8. The van der Waals surface area contributed by atoms with Crippen molar-refractivity contribution < 1.29 is 9.59 Å². The smallest absolute Gasteiger partial charge is 0.261 e. The van der Waals surface area contributed by atoms with Gasteiger partial charge in [-0.2, -0.15) is 0 Å². The predicted octanol–water partition coefficient (Wildman–Crippen LogP) is 4.75. The summed E-state index contributed by atoms with van der Waals surface area (Å²) in [5, 5.41) is 6.36. The van der Waals surface area contributed by atoms with Crippen molar-refractivity contribution in [2.75, 3.05) is 6.54 Å². The van der Waals surface area contributed by atoms with E-state index in [0.29, 0.717) is 28.6 Å². The van der Waals surface area contributed by atoms with E-state index < -0.39 is 0 Å². The molecule has 0 saturated carbocycles. The molecule has 0 atom stereocenters. The number of thiophene rings is 1. The molecular formula is C21H19ClN2O2S. The first-order chi connectivity index (χ1) is 13.1. The van der Waals surface area contributed by atoms with Crippen molar-refractivity contribution in [1.82, 2.24) is 10.6 Å².